The molecule has 0 unspecified atom stereocenters. The topological polar surface area (TPSA) is 32.8 Å². The zero-order chi connectivity index (χ0) is 18.6. The van der Waals surface area contributed by atoms with E-state index in [0.717, 1.165) is 55.2 Å². The van der Waals surface area contributed by atoms with E-state index in [1.165, 1.54) is 10.3 Å². The van der Waals surface area contributed by atoms with Crippen LogP contribution in [-0.4, -0.2) is 49.0 Å². The molecule has 1 aliphatic heterocycles. The van der Waals surface area contributed by atoms with Crippen molar-refractivity contribution in [2.45, 2.75) is 13.0 Å². The van der Waals surface area contributed by atoms with Crippen LogP contribution in [0.5, 0.6) is 5.75 Å². The summed E-state index contributed by atoms with van der Waals surface area (Å²) in [6.45, 7) is 4.44. The predicted molar refractivity (Wildman–Crippen MR) is 111 cm³/mol. The number of ether oxygens (including phenoxy) is 1. The predicted octanol–water partition coefficient (Wildman–Crippen LogP) is 4.26. The van der Waals surface area contributed by atoms with Crippen LogP contribution in [0, 0.1) is 0 Å². The number of amides is 1. The third-order valence-electron chi connectivity index (χ3n) is 5.08. The van der Waals surface area contributed by atoms with Crippen molar-refractivity contribution in [3.63, 3.8) is 0 Å². The highest BCUT2D eigenvalue weighted by Gasteiger charge is 2.21. The molecule has 4 nitrogen and oxygen atoms in total. The Bertz CT molecular complexity index is 886. The maximum Gasteiger partial charge on any atom is 0.264 e. The van der Waals surface area contributed by atoms with Crippen molar-refractivity contribution in [3.8, 4) is 5.75 Å². The molecule has 1 fully saturated rings. The molecular weight excluding hydrogens is 356 g/mol. The van der Waals surface area contributed by atoms with Gasteiger partial charge in [-0.1, -0.05) is 30.3 Å². The summed E-state index contributed by atoms with van der Waals surface area (Å²) in [7, 11) is 1.69. The van der Waals surface area contributed by atoms with Crippen LogP contribution in [-0.2, 0) is 6.54 Å². The van der Waals surface area contributed by atoms with Crippen molar-refractivity contribution in [2.24, 2.45) is 0 Å². The number of nitrogens with zero attached hydrogens (tertiary/aromatic N) is 2. The van der Waals surface area contributed by atoms with Gasteiger partial charge < -0.3 is 9.64 Å². The SMILES string of the molecule is COc1ccc(CN2CCCN(C(=O)c3cc4ccccc4s3)CC2)cc1. The lowest BCUT2D eigenvalue weighted by Gasteiger charge is -2.21. The van der Waals surface area contributed by atoms with Crippen LogP contribution in [0.15, 0.2) is 54.6 Å². The van der Waals surface area contributed by atoms with Crippen molar-refractivity contribution in [1.29, 1.82) is 0 Å². The van der Waals surface area contributed by atoms with Crippen molar-refractivity contribution in [3.05, 3.63) is 65.0 Å². The Morgan fingerprint density at radius 1 is 1.04 bits per heavy atom. The third kappa shape index (κ3) is 4.15. The molecule has 0 bridgehead atoms. The zero-order valence-electron chi connectivity index (χ0n) is 15.6. The second-order valence-electron chi connectivity index (χ2n) is 6.92. The van der Waals surface area contributed by atoms with E-state index >= 15 is 0 Å². The summed E-state index contributed by atoms with van der Waals surface area (Å²) in [5.41, 5.74) is 1.28. The monoisotopic (exact) mass is 380 g/mol. The Morgan fingerprint density at radius 3 is 2.63 bits per heavy atom. The molecule has 27 heavy (non-hydrogen) atoms. The first-order valence-corrected chi connectivity index (χ1v) is 10.2. The molecule has 1 aliphatic rings. The lowest BCUT2D eigenvalue weighted by atomic mass is 10.2. The lowest BCUT2D eigenvalue weighted by molar-refractivity contribution is 0.0766. The normalized spacial score (nSPS) is 15.7. The first-order valence-electron chi connectivity index (χ1n) is 9.36. The summed E-state index contributed by atoms with van der Waals surface area (Å²) in [6, 6.07) is 18.5. The number of rotatable bonds is 4. The van der Waals surface area contributed by atoms with Crippen LogP contribution >= 0.6 is 11.3 Å². The van der Waals surface area contributed by atoms with Gasteiger partial charge in [-0.05, 0) is 41.6 Å². The van der Waals surface area contributed by atoms with E-state index in [4.69, 9.17) is 4.74 Å². The summed E-state index contributed by atoms with van der Waals surface area (Å²) < 4.78 is 6.40. The highest BCUT2D eigenvalue weighted by atomic mass is 32.1. The number of hydrogen-bond acceptors (Lipinski definition) is 4. The molecule has 0 saturated carbocycles. The summed E-state index contributed by atoms with van der Waals surface area (Å²) in [4.78, 5) is 18.3. The van der Waals surface area contributed by atoms with Crippen molar-refractivity contribution < 1.29 is 9.53 Å². The summed E-state index contributed by atoms with van der Waals surface area (Å²) >= 11 is 1.60. The highest BCUT2D eigenvalue weighted by molar-refractivity contribution is 7.20. The quantitative estimate of drug-likeness (QED) is 0.678. The molecule has 1 amide bonds. The van der Waals surface area contributed by atoms with Gasteiger partial charge in [-0.3, -0.25) is 9.69 Å². The number of carbonyl (C=O) groups excluding carboxylic acids is 1. The van der Waals surface area contributed by atoms with Crippen molar-refractivity contribution in [1.82, 2.24) is 9.80 Å². The second kappa shape index (κ2) is 8.11. The molecule has 0 N–H and O–H groups in total. The smallest absolute Gasteiger partial charge is 0.264 e. The first-order chi connectivity index (χ1) is 13.2. The molecule has 1 saturated heterocycles. The fourth-order valence-electron chi connectivity index (χ4n) is 3.56. The summed E-state index contributed by atoms with van der Waals surface area (Å²) in [5.74, 6) is 1.05. The molecule has 2 aromatic carbocycles. The van der Waals surface area contributed by atoms with Crippen LogP contribution in [0.2, 0.25) is 0 Å². The van der Waals surface area contributed by atoms with Crippen LogP contribution < -0.4 is 4.74 Å². The van der Waals surface area contributed by atoms with Crippen LogP contribution in [0.1, 0.15) is 21.7 Å². The molecule has 0 spiro atoms. The van der Waals surface area contributed by atoms with E-state index in [0.29, 0.717) is 0 Å². The molecule has 2 heterocycles. The maximum absolute atomic E-state index is 13.0. The molecule has 0 radical (unpaired) electrons. The molecule has 140 valence electrons. The van der Waals surface area contributed by atoms with Gasteiger partial charge in [-0.25, -0.2) is 0 Å². The van der Waals surface area contributed by atoms with E-state index in [2.05, 4.69) is 29.2 Å². The molecule has 5 heteroatoms. The Morgan fingerprint density at radius 2 is 1.85 bits per heavy atom. The number of carbonyl (C=O) groups is 1. The highest BCUT2D eigenvalue weighted by Crippen LogP contribution is 2.26. The minimum absolute atomic E-state index is 0.169. The average molecular weight is 381 g/mol. The number of benzene rings is 2. The Hall–Kier alpha value is -2.37. The number of hydrogen-bond donors (Lipinski definition) is 0. The molecule has 4 rings (SSSR count). The average Bonchev–Trinajstić information content (AvgIpc) is 3.01. The summed E-state index contributed by atoms with van der Waals surface area (Å²) in [6.07, 6.45) is 1.01. The van der Waals surface area contributed by atoms with Gasteiger partial charge in [0, 0.05) is 37.4 Å². The van der Waals surface area contributed by atoms with Gasteiger partial charge >= 0.3 is 0 Å². The molecule has 0 aliphatic carbocycles. The van der Waals surface area contributed by atoms with Crippen LogP contribution in [0.25, 0.3) is 10.1 Å². The van der Waals surface area contributed by atoms with E-state index < -0.39 is 0 Å². The fourth-order valence-corrected chi connectivity index (χ4v) is 4.60. The van der Waals surface area contributed by atoms with E-state index in [-0.39, 0.29) is 5.91 Å². The van der Waals surface area contributed by atoms with E-state index in [9.17, 15) is 4.79 Å². The van der Waals surface area contributed by atoms with Gasteiger partial charge in [0.15, 0.2) is 0 Å². The van der Waals surface area contributed by atoms with Gasteiger partial charge in [0.2, 0.25) is 0 Å². The van der Waals surface area contributed by atoms with Crippen molar-refractivity contribution in [2.75, 3.05) is 33.3 Å². The molecular formula is C22H24N2O2S. The minimum atomic E-state index is 0.169. The number of fused-ring (bicyclic) bond motifs is 1. The number of methoxy groups -OCH3 is 1. The van der Waals surface area contributed by atoms with Gasteiger partial charge in [0.1, 0.15) is 5.75 Å². The van der Waals surface area contributed by atoms with Gasteiger partial charge in [0.25, 0.3) is 5.91 Å². The van der Waals surface area contributed by atoms with Gasteiger partial charge in [-0.2, -0.15) is 0 Å². The maximum atomic E-state index is 13.0. The fraction of sp³-hybridized carbons (Fsp3) is 0.318. The first kappa shape index (κ1) is 18.0. The minimum Gasteiger partial charge on any atom is -0.497 e. The Balaban J connectivity index is 1.39. The van der Waals surface area contributed by atoms with Gasteiger partial charge in [-0.15, -0.1) is 11.3 Å². The Kier molecular flexibility index (Phi) is 5.41. The standard InChI is InChI=1S/C22H24N2O2S/c1-26-19-9-7-17(8-10-19)16-23-11-4-12-24(14-13-23)22(25)21-15-18-5-2-3-6-20(18)27-21/h2-3,5-10,15H,4,11-14,16H2,1H3. The second-order valence-corrected chi connectivity index (χ2v) is 8.00. The van der Waals surface area contributed by atoms with E-state index in [1.807, 2.05) is 35.2 Å². The van der Waals surface area contributed by atoms with Crippen LogP contribution in [0.3, 0.4) is 0 Å². The lowest BCUT2D eigenvalue weighted by Crippen LogP contribution is -2.34. The molecule has 1 aromatic heterocycles. The van der Waals surface area contributed by atoms with Gasteiger partial charge in [0.05, 0.1) is 12.0 Å². The number of thiophene rings is 1. The zero-order valence-corrected chi connectivity index (χ0v) is 16.4. The van der Waals surface area contributed by atoms with Crippen molar-refractivity contribution >= 4 is 27.3 Å². The van der Waals surface area contributed by atoms with Crippen LogP contribution in [0.4, 0.5) is 0 Å². The van der Waals surface area contributed by atoms with E-state index in [1.54, 1.807) is 18.4 Å². The molecule has 3 aromatic rings. The largest absolute Gasteiger partial charge is 0.497 e. The summed E-state index contributed by atoms with van der Waals surface area (Å²) in [5, 5.41) is 1.15. The third-order valence-corrected chi connectivity index (χ3v) is 6.18. The Labute approximate surface area is 164 Å². The molecule has 0 atom stereocenters.